The number of fused-ring (bicyclic) bond motifs is 1. The SMILES string of the molecule is CCc1nc2n(n1)C[C@H](NCCC(=O)Nc1sccc1C#N)CC2. The Labute approximate surface area is 144 Å². The third-order valence-electron chi connectivity index (χ3n) is 4.04. The molecule has 3 rings (SSSR count). The van der Waals surface area contributed by atoms with E-state index in [0.29, 0.717) is 29.6 Å². The number of carbonyl (C=O) groups is 1. The molecular formula is C16H20N6OS. The van der Waals surface area contributed by atoms with E-state index >= 15 is 0 Å². The van der Waals surface area contributed by atoms with Crippen molar-refractivity contribution < 1.29 is 4.79 Å². The molecule has 0 aromatic carbocycles. The van der Waals surface area contributed by atoms with Crippen molar-refractivity contribution in [1.29, 1.82) is 5.26 Å². The Bertz CT molecular complexity index is 759. The first kappa shape index (κ1) is 16.6. The van der Waals surface area contributed by atoms with Crippen molar-refractivity contribution in [2.75, 3.05) is 11.9 Å². The zero-order valence-corrected chi connectivity index (χ0v) is 14.4. The van der Waals surface area contributed by atoms with E-state index in [9.17, 15) is 4.79 Å². The fourth-order valence-corrected chi connectivity index (χ4v) is 3.50. The molecule has 0 saturated carbocycles. The molecule has 0 unspecified atom stereocenters. The zero-order valence-electron chi connectivity index (χ0n) is 13.6. The Morgan fingerprint density at radius 1 is 1.58 bits per heavy atom. The van der Waals surface area contributed by atoms with E-state index in [4.69, 9.17) is 5.26 Å². The molecule has 1 atom stereocenters. The number of aryl methyl sites for hydroxylation is 2. The number of anilines is 1. The third-order valence-corrected chi connectivity index (χ3v) is 4.87. The molecule has 24 heavy (non-hydrogen) atoms. The molecule has 1 amide bonds. The van der Waals surface area contributed by atoms with Crippen LogP contribution in [-0.4, -0.2) is 33.3 Å². The van der Waals surface area contributed by atoms with E-state index in [1.165, 1.54) is 11.3 Å². The summed E-state index contributed by atoms with van der Waals surface area (Å²) in [6.45, 7) is 3.46. The van der Waals surface area contributed by atoms with E-state index in [-0.39, 0.29) is 5.91 Å². The number of carbonyl (C=O) groups excluding carboxylic acids is 1. The lowest BCUT2D eigenvalue weighted by atomic mass is 10.1. The minimum Gasteiger partial charge on any atom is -0.317 e. The molecule has 2 aromatic rings. The topological polar surface area (TPSA) is 95.6 Å². The maximum atomic E-state index is 12.0. The van der Waals surface area contributed by atoms with Crippen molar-refractivity contribution in [3.63, 3.8) is 0 Å². The summed E-state index contributed by atoms with van der Waals surface area (Å²) in [5.41, 5.74) is 0.513. The molecule has 126 valence electrons. The fourth-order valence-electron chi connectivity index (χ4n) is 2.75. The summed E-state index contributed by atoms with van der Waals surface area (Å²) in [6.07, 6.45) is 3.15. The summed E-state index contributed by atoms with van der Waals surface area (Å²) in [5, 5.41) is 22.1. The average Bonchev–Trinajstić information content (AvgIpc) is 3.20. The van der Waals surface area contributed by atoms with Crippen LogP contribution in [0.3, 0.4) is 0 Å². The van der Waals surface area contributed by atoms with E-state index in [1.54, 1.807) is 11.4 Å². The number of nitrogens with zero attached hydrogens (tertiary/aromatic N) is 4. The van der Waals surface area contributed by atoms with E-state index in [1.807, 2.05) is 4.68 Å². The van der Waals surface area contributed by atoms with Gasteiger partial charge in [-0.3, -0.25) is 4.79 Å². The molecule has 2 aromatic heterocycles. The van der Waals surface area contributed by atoms with Gasteiger partial charge in [-0.2, -0.15) is 10.4 Å². The highest BCUT2D eigenvalue weighted by Crippen LogP contribution is 2.22. The second kappa shape index (κ2) is 7.55. The molecule has 0 bridgehead atoms. The van der Waals surface area contributed by atoms with Crippen molar-refractivity contribution in [3.8, 4) is 6.07 Å². The maximum absolute atomic E-state index is 12.0. The largest absolute Gasteiger partial charge is 0.317 e. The minimum atomic E-state index is -0.0769. The molecule has 0 saturated heterocycles. The van der Waals surface area contributed by atoms with Gasteiger partial charge in [-0.05, 0) is 17.9 Å². The molecule has 1 aliphatic rings. The van der Waals surface area contributed by atoms with Crippen LogP contribution in [-0.2, 0) is 24.2 Å². The van der Waals surface area contributed by atoms with Gasteiger partial charge in [0.25, 0.3) is 0 Å². The fraction of sp³-hybridized carbons (Fsp3) is 0.500. The quantitative estimate of drug-likeness (QED) is 0.832. The summed E-state index contributed by atoms with van der Waals surface area (Å²) in [5.74, 6) is 1.88. The highest BCUT2D eigenvalue weighted by molar-refractivity contribution is 7.14. The lowest BCUT2D eigenvalue weighted by Crippen LogP contribution is -2.39. The average molecular weight is 344 g/mol. The summed E-state index contributed by atoms with van der Waals surface area (Å²) in [6, 6.07) is 4.09. The smallest absolute Gasteiger partial charge is 0.226 e. The Balaban J connectivity index is 1.44. The maximum Gasteiger partial charge on any atom is 0.226 e. The predicted molar refractivity (Wildman–Crippen MR) is 91.8 cm³/mol. The summed E-state index contributed by atoms with van der Waals surface area (Å²) in [7, 11) is 0. The molecule has 1 aliphatic heterocycles. The number of nitriles is 1. The van der Waals surface area contributed by atoms with Crippen LogP contribution in [0.25, 0.3) is 0 Å². The van der Waals surface area contributed by atoms with Crippen molar-refractivity contribution in [1.82, 2.24) is 20.1 Å². The molecule has 0 aliphatic carbocycles. The van der Waals surface area contributed by atoms with Gasteiger partial charge in [-0.25, -0.2) is 9.67 Å². The highest BCUT2D eigenvalue weighted by Gasteiger charge is 2.21. The molecule has 0 spiro atoms. The second-order valence-electron chi connectivity index (χ2n) is 5.74. The first-order valence-electron chi connectivity index (χ1n) is 8.13. The van der Waals surface area contributed by atoms with E-state index in [2.05, 4.69) is 33.7 Å². The Hall–Kier alpha value is -2.24. The van der Waals surface area contributed by atoms with Crippen LogP contribution in [0.2, 0.25) is 0 Å². The van der Waals surface area contributed by atoms with Crippen LogP contribution in [0.5, 0.6) is 0 Å². The lowest BCUT2D eigenvalue weighted by molar-refractivity contribution is -0.116. The minimum absolute atomic E-state index is 0.0769. The number of aromatic nitrogens is 3. The van der Waals surface area contributed by atoms with Crippen LogP contribution in [0, 0.1) is 11.3 Å². The molecule has 0 radical (unpaired) electrons. The summed E-state index contributed by atoms with van der Waals surface area (Å²) < 4.78 is 1.98. The van der Waals surface area contributed by atoms with Gasteiger partial charge in [0.2, 0.25) is 5.91 Å². The van der Waals surface area contributed by atoms with Crippen LogP contribution in [0.15, 0.2) is 11.4 Å². The monoisotopic (exact) mass is 344 g/mol. The number of thiophene rings is 1. The lowest BCUT2D eigenvalue weighted by Gasteiger charge is -2.23. The van der Waals surface area contributed by atoms with Crippen molar-refractivity contribution >= 4 is 22.2 Å². The number of hydrogen-bond acceptors (Lipinski definition) is 6. The predicted octanol–water partition coefficient (Wildman–Crippen LogP) is 1.71. The van der Waals surface area contributed by atoms with E-state index in [0.717, 1.165) is 37.5 Å². The van der Waals surface area contributed by atoms with Crippen molar-refractivity contribution in [3.05, 3.63) is 28.7 Å². The van der Waals surface area contributed by atoms with Gasteiger partial charge in [0, 0.05) is 31.8 Å². The Morgan fingerprint density at radius 3 is 3.25 bits per heavy atom. The Morgan fingerprint density at radius 2 is 2.46 bits per heavy atom. The highest BCUT2D eigenvalue weighted by atomic mass is 32.1. The van der Waals surface area contributed by atoms with Gasteiger partial charge >= 0.3 is 0 Å². The van der Waals surface area contributed by atoms with Crippen molar-refractivity contribution in [2.24, 2.45) is 0 Å². The van der Waals surface area contributed by atoms with Crippen LogP contribution < -0.4 is 10.6 Å². The standard InChI is InChI=1S/C16H20N6OS/c1-2-13-19-14-4-3-12(10-22(14)21-13)18-7-5-15(23)20-16-11(9-17)6-8-24-16/h6,8,12,18H,2-5,7,10H2,1H3,(H,20,23)/t12-/m1/s1. The number of rotatable bonds is 6. The third kappa shape index (κ3) is 3.80. The normalized spacial score (nSPS) is 16.4. The molecule has 7 nitrogen and oxygen atoms in total. The summed E-state index contributed by atoms with van der Waals surface area (Å²) in [4.78, 5) is 16.5. The number of nitrogens with one attached hydrogen (secondary N) is 2. The molecule has 2 N–H and O–H groups in total. The van der Waals surface area contributed by atoms with Crippen molar-refractivity contribution in [2.45, 2.75) is 45.2 Å². The van der Waals surface area contributed by atoms with Gasteiger partial charge in [0.15, 0.2) is 5.82 Å². The van der Waals surface area contributed by atoms with Crippen LogP contribution in [0.4, 0.5) is 5.00 Å². The molecule has 8 heteroatoms. The van der Waals surface area contributed by atoms with Crippen LogP contribution >= 0.6 is 11.3 Å². The zero-order chi connectivity index (χ0) is 16.9. The van der Waals surface area contributed by atoms with Gasteiger partial charge in [-0.1, -0.05) is 6.92 Å². The number of hydrogen-bond donors (Lipinski definition) is 2. The summed E-state index contributed by atoms with van der Waals surface area (Å²) >= 11 is 1.37. The molecular weight excluding hydrogens is 324 g/mol. The van der Waals surface area contributed by atoms with Gasteiger partial charge in [-0.15, -0.1) is 11.3 Å². The van der Waals surface area contributed by atoms with Crippen LogP contribution in [0.1, 0.15) is 37.0 Å². The second-order valence-corrected chi connectivity index (χ2v) is 6.66. The van der Waals surface area contributed by atoms with Gasteiger partial charge in [0.1, 0.15) is 16.9 Å². The number of amides is 1. The Kier molecular flexibility index (Phi) is 5.23. The first-order chi connectivity index (χ1) is 11.7. The molecule has 0 fully saturated rings. The van der Waals surface area contributed by atoms with Gasteiger partial charge in [0.05, 0.1) is 12.1 Å². The van der Waals surface area contributed by atoms with Gasteiger partial charge < -0.3 is 10.6 Å². The first-order valence-corrected chi connectivity index (χ1v) is 9.01. The van der Waals surface area contributed by atoms with E-state index < -0.39 is 0 Å². The molecule has 3 heterocycles.